The summed E-state index contributed by atoms with van der Waals surface area (Å²) in [6.07, 6.45) is 6.48. The molecule has 1 heterocycles. The normalized spacial score (nSPS) is 19.6. The maximum atomic E-state index is 13.3. The summed E-state index contributed by atoms with van der Waals surface area (Å²) >= 11 is 0. The van der Waals surface area contributed by atoms with Crippen molar-refractivity contribution in [2.45, 2.75) is 31.8 Å². The molecule has 0 amide bonds. The highest BCUT2D eigenvalue weighted by Gasteiger charge is 2.23. The van der Waals surface area contributed by atoms with Crippen molar-refractivity contribution >= 4 is 29.9 Å². The van der Waals surface area contributed by atoms with Crippen LogP contribution in [0.25, 0.3) is 0 Å². The van der Waals surface area contributed by atoms with E-state index in [1.54, 1.807) is 0 Å². The van der Waals surface area contributed by atoms with Crippen molar-refractivity contribution in [2.75, 3.05) is 39.4 Å². The van der Waals surface area contributed by atoms with Gasteiger partial charge in [-0.25, -0.2) is 4.39 Å². The predicted octanol–water partition coefficient (Wildman–Crippen LogP) is 3.09. The number of hydrogen-bond acceptors (Lipinski definition) is 3. The van der Waals surface area contributed by atoms with Gasteiger partial charge in [-0.15, -0.1) is 24.0 Å². The third kappa shape index (κ3) is 6.73. The Kier molecular flexibility index (Phi) is 9.50. The molecule has 2 aliphatic rings. The van der Waals surface area contributed by atoms with Crippen LogP contribution in [0.1, 0.15) is 31.4 Å². The highest BCUT2D eigenvalue weighted by molar-refractivity contribution is 14.0. The van der Waals surface area contributed by atoms with Crippen molar-refractivity contribution in [1.29, 1.82) is 0 Å². The summed E-state index contributed by atoms with van der Waals surface area (Å²) in [6, 6.07) is 7.33. The molecule has 1 saturated heterocycles. The van der Waals surface area contributed by atoms with Gasteiger partial charge in [0, 0.05) is 25.7 Å². The number of hydrogen-bond donors (Lipinski definition) is 2. The van der Waals surface area contributed by atoms with E-state index in [2.05, 4.69) is 34.6 Å². The van der Waals surface area contributed by atoms with Gasteiger partial charge in [-0.2, -0.15) is 0 Å². The molecule has 1 unspecified atom stereocenters. The minimum absolute atomic E-state index is 0. The number of rotatable bonds is 6. The Balaban J connectivity index is 0.00000261. The number of aliphatic imine (C=N–C) groups is 1. The lowest BCUT2D eigenvalue weighted by Gasteiger charge is -2.34. The number of halogens is 2. The van der Waals surface area contributed by atoms with Crippen molar-refractivity contribution in [3.05, 3.63) is 47.8 Å². The average Bonchev–Trinajstić information content (AvgIpc) is 3.17. The van der Waals surface area contributed by atoms with Gasteiger partial charge in [-0.1, -0.05) is 24.3 Å². The highest BCUT2D eigenvalue weighted by Crippen LogP contribution is 2.23. The Morgan fingerprint density at radius 1 is 1.22 bits per heavy atom. The second-order valence-electron chi connectivity index (χ2n) is 6.72. The molecular weight excluding hydrogens is 458 g/mol. The molecule has 150 valence electrons. The van der Waals surface area contributed by atoms with E-state index in [1.807, 2.05) is 12.1 Å². The van der Waals surface area contributed by atoms with Crippen molar-refractivity contribution in [3.63, 3.8) is 0 Å². The first-order valence-electron chi connectivity index (χ1n) is 9.53. The minimum atomic E-state index is -0.207. The van der Waals surface area contributed by atoms with Crippen LogP contribution in [-0.2, 0) is 4.74 Å². The van der Waals surface area contributed by atoms with E-state index in [9.17, 15) is 4.39 Å². The Labute approximate surface area is 178 Å². The topological polar surface area (TPSA) is 48.9 Å². The summed E-state index contributed by atoms with van der Waals surface area (Å²) in [5.74, 6) is 0.642. The van der Waals surface area contributed by atoms with Gasteiger partial charge in [0.25, 0.3) is 0 Å². The molecule has 0 aromatic heterocycles. The van der Waals surface area contributed by atoms with E-state index in [4.69, 9.17) is 9.73 Å². The van der Waals surface area contributed by atoms with E-state index < -0.39 is 0 Å². The van der Waals surface area contributed by atoms with Gasteiger partial charge < -0.3 is 15.4 Å². The maximum Gasteiger partial charge on any atom is 0.191 e. The number of morpholine rings is 1. The molecule has 1 aromatic rings. The molecule has 2 N–H and O–H groups in total. The SMILES string of the molecule is CCNC(=NCC(c1ccc(F)cc1)N1CCOCC1)NC1CC=CC1.I. The maximum absolute atomic E-state index is 13.3. The van der Waals surface area contributed by atoms with E-state index in [0.717, 1.165) is 57.2 Å². The summed E-state index contributed by atoms with van der Waals surface area (Å²) in [5.41, 5.74) is 1.09. The monoisotopic (exact) mass is 488 g/mol. The van der Waals surface area contributed by atoms with Gasteiger partial charge >= 0.3 is 0 Å². The minimum Gasteiger partial charge on any atom is -0.379 e. The zero-order valence-corrected chi connectivity index (χ0v) is 18.2. The van der Waals surface area contributed by atoms with Crippen LogP contribution in [0.15, 0.2) is 41.4 Å². The molecule has 1 atom stereocenters. The standard InChI is InChI=1S/C20H29FN4O.HI/c1-2-22-20(24-18-5-3-4-6-18)23-15-19(25-11-13-26-14-12-25)16-7-9-17(21)10-8-16;/h3-4,7-10,18-19H,2,5-6,11-15H2,1H3,(H2,22,23,24);1H. The van der Waals surface area contributed by atoms with Gasteiger partial charge in [0.15, 0.2) is 5.96 Å². The molecule has 27 heavy (non-hydrogen) atoms. The zero-order chi connectivity index (χ0) is 18.2. The summed E-state index contributed by atoms with van der Waals surface area (Å²) in [5, 5.41) is 6.85. The molecule has 7 heteroatoms. The van der Waals surface area contributed by atoms with Gasteiger partial charge in [0.1, 0.15) is 5.82 Å². The molecule has 1 aromatic carbocycles. The van der Waals surface area contributed by atoms with Crippen LogP contribution in [0.2, 0.25) is 0 Å². The second kappa shape index (κ2) is 11.6. The Morgan fingerprint density at radius 3 is 2.52 bits per heavy atom. The molecule has 0 bridgehead atoms. The first kappa shape index (κ1) is 22.1. The van der Waals surface area contributed by atoms with Gasteiger partial charge in [0.2, 0.25) is 0 Å². The predicted molar refractivity (Wildman–Crippen MR) is 118 cm³/mol. The third-order valence-electron chi connectivity index (χ3n) is 4.86. The first-order chi connectivity index (χ1) is 12.8. The Bertz CT molecular complexity index is 609. The molecule has 5 nitrogen and oxygen atoms in total. The van der Waals surface area contributed by atoms with Crippen LogP contribution in [0.5, 0.6) is 0 Å². The van der Waals surface area contributed by atoms with Crippen LogP contribution < -0.4 is 10.6 Å². The number of ether oxygens (including phenoxy) is 1. The van der Waals surface area contributed by atoms with E-state index in [-0.39, 0.29) is 35.8 Å². The molecule has 1 aliphatic heterocycles. The van der Waals surface area contributed by atoms with Crippen LogP contribution in [-0.4, -0.2) is 56.3 Å². The fourth-order valence-electron chi connectivity index (χ4n) is 3.43. The van der Waals surface area contributed by atoms with E-state index in [1.165, 1.54) is 12.1 Å². The fourth-order valence-corrected chi connectivity index (χ4v) is 3.43. The van der Waals surface area contributed by atoms with Crippen molar-refractivity contribution in [2.24, 2.45) is 4.99 Å². The second-order valence-corrected chi connectivity index (χ2v) is 6.72. The summed E-state index contributed by atoms with van der Waals surface area (Å²) in [7, 11) is 0. The molecule has 3 rings (SSSR count). The number of nitrogens with one attached hydrogen (secondary N) is 2. The van der Waals surface area contributed by atoms with Gasteiger partial charge in [-0.3, -0.25) is 9.89 Å². The number of benzene rings is 1. The molecule has 1 aliphatic carbocycles. The lowest BCUT2D eigenvalue weighted by Crippen LogP contribution is -2.44. The van der Waals surface area contributed by atoms with E-state index in [0.29, 0.717) is 12.6 Å². The lowest BCUT2D eigenvalue weighted by molar-refractivity contribution is 0.0179. The molecule has 0 radical (unpaired) electrons. The van der Waals surface area contributed by atoms with E-state index >= 15 is 0 Å². The number of nitrogens with zero attached hydrogens (tertiary/aromatic N) is 2. The van der Waals surface area contributed by atoms with Crippen molar-refractivity contribution in [3.8, 4) is 0 Å². The van der Waals surface area contributed by atoms with Crippen LogP contribution in [0.4, 0.5) is 4.39 Å². The average molecular weight is 488 g/mol. The molecule has 0 saturated carbocycles. The summed E-state index contributed by atoms with van der Waals surface area (Å²) in [4.78, 5) is 7.22. The Hall–Kier alpha value is -1.19. The van der Waals surface area contributed by atoms with Gasteiger partial charge in [0.05, 0.1) is 25.8 Å². The first-order valence-corrected chi connectivity index (χ1v) is 9.53. The largest absolute Gasteiger partial charge is 0.379 e. The fraction of sp³-hybridized carbons (Fsp3) is 0.550. The smallest absolute Gasteiger partial charge is 0.191 e. The quantitative estimate of drug-likeness (QED) is 0.280. The van der Waals surface area contributed by atoms with Crippen LogP contribution >= 0.6 is 24.0 Å². The number of guanidine groups is 1. The third-order valence-corrected chi connectivity index (χ3v) is 4.86. The molecular formula is C20H30FIN4O. The lowest BCUT2D eigenvalue weighted by atomic mass is 10.0. The van der Waals surface area contributed by atoms with Crippen molar-refractivity contribution in [1.82, 2.24) is 15.5 Å². The Morgan fingerprint density at radius 2 is 1.89 bits per heavy atom. The summed E-state index contributed by atoms with van der Waals surface area (Å²) in [6.45, 7) is 6.72. The van der Waals surface area contributed by atoms with Crippen molar-refractivity contribution < 1.29 is 9.13 Å². The van der Waals surface area contributed by atoms with Gasteiger partial charge in [-0.05, 0) is 37.5 Å². The highest BCUT2D eigenvalue weighted by atomic mass is 127. The zero-order valence-electron chi connectivity index (χ0n) is 15.9. The molecule has 1 fully saturated rings. The molecule has 0 spiro atoms. The summed E-state index contributed by atoms with van der Waals surface area (Å²) < 4.78 is 18.8. The van der Waals surface area contributed by atoms with Crippen LogP contribution in [0.3, 0.4) is 0 Å². The van der Waals surface area contributed by atoms with Crippen LogP contribution in [0, 0.1) is 5.82 Å².